The fourth-order valence-corrected chi connectivity index (χ4v) is 2.82. The third-order valence-electron chi connectivity index (χ3n) is 4.22. The van der Waals surface area contributed by atoms with Gasteiger partial charge in [0.15, 0.2) is 0 Å². The van der Waals surface area contributed by atoms with Gasteiger partial charge in [0.2, 0.25) is 5.91 Å². The predicted octanol–water partition coefficient (Wildman–Crippen LogP) is 3.58. The van der Waals surface area contributed by atoms with Gasteiger partial charge >= 0.3 is 0 Å². The molecule has 5 nitrogen and oxygen atoms in total. The first-order valence-corrected chi connectivity index (χ1v) is 9.14. The van der Waals surface area contributed by atoms with Crippen LogP contribution in [0.4, 0.5) is 5.69 Å². The lowest BCUT2D eigenvalue weighted by molar-refractivity contribution is -0.116. The molecule has 1 fully saturated rings. The first-order valence-electron chi connectivity index (χ1n) is 8.76. The first kappa shape index (κ1) is 18.7. The standard InChI is InChI=1S/C20H23ClN2O3/c21-17-3-1-16(2-4-17)15-26-19-7-5-18(6-8-19)22-20(24)9-10-23-11-13-25-14-12-23/h1-8H,9-15H2,(H,22,24). The Labute approximate surface area is 158 Å². The van der Waals surface area contributed by atoms with E-state index in [1.54, 1.807) is 0 Å². The molecule has 3 rings (SSSR count). The minimum atomic E-state index is 0.0197. The number of carbonyl (C=O) groups is 1. The van der Waals surface area contributed by atoms with Crippen molar-refractivity contribution in [2.24, 2.45) is 0 Å². The summed E-state index contributed by atoms with van der Waals surface area (Å²) >= 11 is 5.87. The maximum absolute atomic E-state index is 12.1. The van der Waals surface area contributed by atoms with Crippen LogP contribution in [0.3, 0.4) is 0 Å². The number of halogens is 1. The molecule has 1 amide bonds. The van der Waals surface area contributed by atoms with Crippen molar-refractivity contribution in [1.82, 2.24) is 4.90 Å². The Hall–Kier alpha value is -2.08. The fraction of sp³-hybridized carbons (Fsp3) is 0.350. The molecular formula is C20H23ClN2O3. The van der Waals surface area contributed by atoms with Gasteiger partial charge < -0.3 is 14.8 Å². The number of amides is 1. The van der Waals surface area contributed by atoms with Crippen LogP contribution in [0.1, 0.15) is 12.0 Å². The molecule has 0 atom stereocenters. The lowest BCUT2D eigenvalue weighted by atomic mass is 10.2. The zero-order chi connectivity index (χ0) is 18.2. The summed E-state index contributed by atoms with van der Waals surface area (Å²) in [4.78, 5) is 14.3. The smallest absolute Gasteiger partial charge is 0.225 e. The maximum atomic E-state index is 12.1. The summed E-state index contributed by atoms with van der Waals surface area (Å²) in [5.41, 5.74) is 1.82. The second-order valence-electron chi connectivity index (χ2n) is 6.19. The summed E-state index contributed by atoms with van der Waals surface area (Å²) in [7, 11) is 0. The zero-order valence-electron chi connectivity index (χ0n) is 14.6. The molecule has 0 radical (unpaired) electrons. The van der Waals surface area contributed by atoms with Crippen LogP contribution in [0, 0.1) is 0 Å². The molecule has 0 spiro atoms. The lowest BCUT2D eigenvalue weighted by Gasteiger charge is -2.26. The Morgan fingerprint density at radius 3 is 2.46 bits per heavy atom. The van der Waals surface area contributed by atoms with Gasteiger partial charge in [-0.25, -0.2) is 0 Å². The largest absolute Gasteiger partial charge is 0.489 e. The van der Waals surface area contributed by atoms with Gasteiger partial charge in [-0.3, -0.25) is 9.69 Å². The number of nitrogens with zero attached hydrogens (tertiary/aromatic N) is 1. The fourth-order valence-electron chi connectivity index (χ4n) is 2.69. The van der Waals surface area contributed by atoms with E-state index in [9.17, 15) is 4.79 Å². The Kier molecular flexibility index (Phi) is 6.89. The van der Waals surface area contributed by atoms with Crippen LogP contribution in [0.25, 0.3) is 0 Å². The third-order valence-corrected chi connectivity index (χ3v) is 4.47. The van der Waals surface area contributed by atoms with E-state index in [1.807, 2.05) is 48.5 Å². The number of nitrogens with one attached hydrogen (secondary N) is 1. The molecule has 2 aromatic carbocycles. The monoisotopic (exact) mass is 374 g/mol. The van der Waals surface area contributed by atoms with E-state index in [4.69, 9.17) is 21.1 Å². The molecule has 138 valence electrons. The summed E-state index contributed by atoms with van der Waals surface area (Å²) in [5.74, 6) is 0.776. The molecule has 0 aromatic heterocycles. The molecule has 1 N–H and O–H groups in total. The molecule has 6 heteroatoms. The Balaban J connectivity index is 1.41. The quantitative estimate of drug-likeness (QED) is 0.804. The van der Waals surface area contributed by atoms with Crippen molar-refractivity contribution in [1.29, 1.82) is 0 Å². The van der Waals surface area contributed by atoms with Crippen LogP contribution in [-0.2, 0) is 16.1 Å². The van der Waals surface area contributed by atoms with Crippen LogP contribution < -0.4 is 10.1 Å². The van der Waals surface area contributed by atoms with E-state index < -0.39 is 0 Å². The van der Waals surface area contributed by atoms with E-state index in [0.717, 1.165) is 49.8 Å². The van der Waals surface area contributed by atoms with E-state index in [0.29, 0.717) is 18.1 Å². The average Bonchev–Trinajstić information content (AvgIpc) is 2.68. The van der Waals surface area contributed by atoms with Gasteiger partial charge in [-0.15, -0.1) is 0 Å². The summed E-state index contributed by atoms with van der Waals surface area (Å²) in [5, 5.41) is 3.63. The maximum Gasteiger partial charge on any atom is 0.225 e. The van der Waals surface area contributed by atoms with Crippen LogP contribution in [0.15, 0.2) is 48.5 Å². The van der Waals surface area contributed by atoms with Gasteiger partial charge in [0.25, 0.3) is 0 Å². The Bertz CT molecular complexity index is 698. The molecule has 26 heavy (non-hydrogen) atoms. The van der Waals surface area contributed by atoms with Gasteiger partial charge in [0.1, 0.15) is 12.4 Å². The van der Waals surface area contributed by atoms with Crippen molar-refractivity contribution < 1.29 is 14.3 Å². The number of morpholine rings is 1. The second kappa shape index (κ2) is 9.57. The third kappa shape index (κ3) is 6.02. The van der Waals surface area contributed by atoms with Crippen molar-refractivity contribution >= 4 is 23.2 Å². The first-order chi connectivity index (χ1) is 12.7. The molecule has 1 heterocycles. The van der Waals surface area contributed by atoms with Crippen molar-refractivity contribution in [2.75, 3.05) is 38.2 Å². The summed E-state index contributed by atoms with van der Waals surface area (Å²) in [6, 6.07) is 15.0. The number of hydrogen-bond donors (Lipinski definition) is 1. The number of anilines is 1. The summed E-state index contributed by atoms with van der Waals surface area (Å²) in [6.45, 7) is 4.53. The Morgan fingerprint density at radius 1 is 1.08 bits per heavy atom. The number of carbonyl (C=O) groups excluding carboxylic acids is 1. The van der Waals surface area contributed by atoms with Crippen molar-refractivity contribution in [3.05, 3.63) is 59.1 Å². The second-order valence-corrected chi connectivity index (χ2v) is 6.63. The zero-order valence-corrected chi connectivity index (χ0v) is 15.4. The molecule has 2 aromatic rings. The highest BCUT2D eigenvalue weighted by Crippen LogP contribution is 2.18. The van der Waals surface area contributed by atoms with E-state index >= 15 is 0 Å². The minimum absolute atomic E-state index is 0.0197. The normalized spacial score (nSPS) is 14.8. The van der Waals surface area contributed by atoms with E-state index in [2.05, 4.69) is 10.2 Å². The SMILES string of the molecule is O=C(CCN1CCOCC1)Nc1ccc(OCc2ccc(Cl)cc2)cc1. The van der Waals surface area contributed by atoms with E-state index in [-0.39, 0.29) is 5.91 Å². The van der Waals surface area contributed by atoms with Crippen molar-refractivity contribution in [3.8, 4) is 5.75 Å². The lowest BCUT2D eigenvalue weighted by Crippen LogP contribution is -2.38. The molecule has 1 saturated heterocycles. The summed E-state index contributed by atoms with van der Waals surface area (Å²) in [6.07, 6.45) is 0.481. The average molecular weight is 375 g/mol. The molecule has 0 unspecified atom stereocenters. The molecule has 1 aliphatic rings. The van der Waals surface area contributed by atoms with Crippen LogP contribution in [0.2, 0.25) is 5.02 Å². The van der Waals surface area contributed by atoms with Gasteiger partial charge in [-0.1, -0.05) is 23.7 Å². The molecule has 0 aliphatic carbocycles. The molecule has 0 bridgehead atoms. The summed E-state index contributed by atoms with van der Waals surface area (Å²) < 4.78 is 11.1. The van der Waals surface area contributed by atoms with Crippen LogP contribution in [-0.4, -0.2) is 43.7 Å². The highest BCUT2D eigenvalue weighted by atomic mass is 35.5. The van der Waals surface area contributed by atoms with E-state index in [1.165, 1.54) is 0 Å². The minimum Gasteiger partial charge on any atom is -0.489 e. The topological polar surface area (TPSA) is 50.8 Å². The highest BCUT2D eigenvalue weighted by Gasteiger charge is 2.12. The number of ether oxygens (including phenoxy) is 2. The highest BCUT2D eigenvalue weighted by molar-refractivity contribution is 6.30. The number of rotatable bonds is 7. The molecular weight excluding hydrogens is 352 g/mol. The Morgan fingerprint density at radius 2 is 1.77 bits per heavy atom. The van der Waals surface area contributed by atoms with Crippen molar-refractivity contribution in [2.45, 2.75) is 13.0 Å². The van der Waals surface area contributed by atoms with Crippen LogP contribution >= 0.6 is 11.6 Å². The number of benzene rings is 2. The van der Waals surface area contributed by atoms with Gasteiger partial charge in [0, 0.05) is 36.8 Å². The van der Waals surface area contributed by atoms with Gasteiger partial charge in [-0.2, -0.15) is 0 Å². The predicted molar refractivity (Wildman–Crippen MR) is 103 cm³/mol. The van der Waals surface area contributed by atoms with Crippen LogP contribution in [0.5, 0.6) is 5.75 Å². The van der Waals surface area contributed by atoms with Gasteiger partial charge in [-0.05, 0) is 42.0 Å². The van der Waals surface area contributed by atoms with Gasteiger partial charge in [0.05, 0.1) is 13.2 Å². The number of hydrogen-bond acceptors (Lipinski definition) is 4. The molecule has 1 aliphatic heterocycles. The van der Waals surface area contributed by atoms with Crippen molar-refractivity contribution in [3.63, 3.8) is 0 Å². The molecule has 0 saturated carbocycles.